The van der Waals surface area contributed by atoms with Gasteiger partial charge in [-0.25, -0.2) is 8.42 Å². The molecule has 0 aromatic heterocycles. The Morgan fingerprint density at radius 2 is 1.94 bits per heavy atom. The third-order valence-corrected chi connectivity index (χ3v) is 4.75. The number of hydrogen-bond donors (Lipinski definition) is 1. The average Bonchev–Trinajstić information content (AvgIpc) is 2.23. The highest BCUT2D eigenvalue weighted by Gasteiger charge is 2.23. The van der Waals surface area contributed by atoms with Crippen molar-refractivity contribution in [3.8, 4) is 0 Å². The van der Waals surface area contributed by atoms with E-state index in [1.165, 1.54) is 6.92 Å². The van der Waals surface area contributed by atoms with Crippen LogP contribution in [-0.2, 0) is 14.6 Å². The van der Waals surface area contributed by atoms with Crippen molar-refractivity contribution in [2.45, 2.75) is 38.4 Å². The van der Waals surface area contributed by atoms with Crippen molar-refractivity contribution in [1.82, 2.24) is 5.32 Å². The van der Waals surface area contributed by atoms with Crippen molar-refractivity contribution in [2.24, 2.45) is 5.92 Å². The van der Waals surface area contributed by atoms with E-state index in [0.717, 1.165) is 30.8 Å². The van der Waals surface area contributed by atoms with E-state index in [1.807, 2.05) is 0 Å². The molecule has 6 heteroatoms. The number of alkyl halides is 1. The summed E-state index contributed by atoms with van der Waals surface area (Å²) in [7, 11) is -3.30. The van der Waals surface area contributed by atoms with Crippen LogP contribution in [0.1, 0.15) is 33.1 Å². The molecule has 0 saturated heterocycles. The minimum absolute atomic E-state index is 0.400. The second kappa shape index (κ2) is 8.08. The molecule has 1 N–H and O–H groups in total. The molecule has 0 radical (unpaired) electrons. The molecular weight excluding hydrogens is 306 g/mol. The van der Waals surface area contributed by atoms with Crippen molar-refractivity contribution >= 4 is 31.7 Å². The third-order valence-electron chi connectivity index (χ3n) is 2.79. The summed E-state index contributed by atoms with van der Waals surface area (Å²) in [4.78, 5) is 11.6. The van der Waals surface area contributed by atoms with E-state index in [-0.39, 0.29) is 0 Å². The Bertz CT molecular complexity index is 324. The Balaban J connectivity index is 4.21. The van der Waals surface area contributed by atoms with Gasteiger partial charge in [0.25, 0.3) is 0 Å². The lowest BCUT2D eigenvalue weighted by Crippen LogP contribution is -2.39. The maximum absolute atomic E-state index is 11.6. The summed E-state index contributed by atoms with van der Waals surface area (Å²) in [6.07, 6.45) is 4.18. The van der Waals surface area contributed by atoms with Gasteiger partial charge in [0.1, 0.15) is 5.25 Å². The van der Waals surface area contributed by atoms with E-state index in [1.54, 1.807) is 0 Å². The van der Waals surface area contributed by atoms with Crippen LogP contribution in [0, 0.1) is 5.92 Å². The first-order valence-electron chi connectivity index (χ1n) is 5.85. The summed E-state index contributed by atoms with van der Waals surface area (Å²) in [6.45, 7) is 4.07. The Kier molecular flexibility index (Phi) is 8.03. The minimum Gasteiger partial charge on any atom is -0.355 e. The van der Waals surface area contributed by atoms with Gasteiger partial charge in [0.05, 0.1) is 0 Å². The number of amides is 1. The molecule has 2 atom stereocenters. The van der Waals surface area contributed by atoms with E-state index in [0.29, 0.717) is 12.5 Å². The largest absolute Gasteiger partial charge is 0.355 e. The predicted molar refractivity (Wildman–Crippen MR) is 74.1 cm³/mol. The maximum atomic E-state index is 11.6. The molecule has 1 amide bonds. The summed E-state index contributed by atoms with van der Waals surface area (Å²) in [5.74, 6) is 0.0123. The van der Waals surface area contributed by atoms with Crippen molar-refractivity contribution in [2.75, 3.05) is 18.1 Å². The Morgan fingerprint density at radius 1 is 1.35 bits per heavy atom. The number of sulfone groups is 1. The molecular formula is C11H22BrNO3S. The van der Waals surface area contributed by atoms with Gasteiger partial charge in [-0.3, -0.25) is 4.79 Å². The molecule has 0 rings (SSSR count). The van der Waals surface area contributed by atoms with Gasteiger partial charge < -0.3 is 5.32 Å². The molecule has 0 fully saturated rings. The average molecular weight is 328 g/mol. The number of hydrogen-bond acceptors (Lipinski definition) is 3. The number of carbonyl (C=O) groups is 1. The van der Waals surface area contributed by atoms with Gasteiger partial charge in [0.15, 0.2) is 9.84 Å². The van der Waals surface area contributed by atoms with Crippen LogP contribution >= 0.6 is 15.9 Å². The lowest BCUT2D eigenvalue weighted by molar-refractivity contribution is -0.120. The Hall–Kier alpha value is -0.100. The Labute approximate surface area is 113 Å². The minimum atomic E-state index is -3.30. The molecule has 0 heterocycles. The highest BCUT2D eigenvalue weighted by Crippen LogP contribution is 2.11. The highest BCUT2D eigenvalue weighted by atomic mass is 79.9. The molecule has 2 unspecified atom stereocenters. The second-order valence-corrected chi connectivity index (χ2v) is 7.51. The van der Waals surface area contributed by atoms with Crippen LogP contribution in [0.2, 0.25) is 0 Å². The van der Waals surface area contributed by atoms with Gasteiger partial charge in [-0.05, 0) is 25.7 Å². The molecule has 4 nitrogen and oxygen atoms in total. The number of rotatable bonds is 8. The molecule has 0 bridgehead atoms. The van der Waals surface area contributed by atoms with Crippen molar-refractivity contribution < 1.29 is 13.2 Å². The number of halogens is 1. The third kappa shape index (κ3) is 7.03. The van der Waals surface area contributed by atoms with Crippen molar-refractivity contribution in [3.63, 3.8) is 0 Å². The van der Waals surface area contributed by atoms with Crippen LogP contribution in [0.25, 0.3) is 0 Å². The van der Waals surface area contributed by atoms with Gasteiger partial charge in [-0.2, -0.15) is 0 Å². The summed E-state index contributed by atoms with van der Waals surface area (Å²) in [5.41, 5.74) is 0. The van der Waals surface area contributed by atoms with Crippen LogP contribution < -0.4 is 5.32 Å². The van der Waals surface area contributed by atoms with Gasteiger partial charge in [-0.1, -0.05) is 29.3 Å². The van der Waals surface area contributed by atoms with Gasteiger partial charge in [0, 0.05) is 18.1 Å². The predicted octanol–water partition coefficient (Wildman–Crippen LogP) is 1.74. The Morgan fingerprint density at radius 3 is 2.35 bits per heavy atom. The quantitative estimate of drug-likeness (QED) is 0.690. The lowest BCUT2D eigenvalue weighted by atomic mass is 10.0. The van der Waals surface area contributed by atoms with E-state index in [2.05, 4.69) is 28.2 Å². The molecule has 0 aromatic rings. The highest BCUT2D eigenvalue weighted by molar-refractivity contribution is 9.09. The lowest BCUT2D eigenvalue weighted by Gasteiger charge is -2.17. The topological polar surface area (TPSA) is 63.2 Å². The van der Waals surface area contributed by atoms with Gasteiger partial charge in [0.2, 0.25) is 5.91 Å². The fourth-order valence-corrected chi connectivity index (χ4v) is 2.61. The fourth-order valence-electron chi connectivity index (χ4n) is 1.49. The first-order valence-corrected chi connectivity index (χ1v) is 8.93. The van der Waals surface area contributed by atoms with Crippen LogP contribution in [0.4, 0.5) is 0 Å². The van der Waals surface area contributed by atoms with E-state index >= 15 is 0 Å². The summed E-state index contributed by atoms with van der Waals surface area (Å²) < 4.78 is 22.4. The van der Waals surface area contributed by atoms with E-state index in [9.17, 15) is 13.2 Å². The summed E-state index contributed by atoms with van der Waals surface area (Å²) >= 11 is 3.38. The zero-order valence-corrected chi connectivity index (χ0v) is 13.1. The molecule has 0 aliphatic heterocycles. The molecule has 0 aliphatic rings. The molecule has 0 aromatic carbocycles. The molecule has 0 aliphatic carbocycles. The SMILES string of the molecule is CCCC(CCBr)CNC(=O)C(C)S(C)(=O)=O. The standard InChI is InChI=1S/C11H22BrNO3S/c1-4-5-10(6-7-12)8-13-11(14)9(2)17(3,15)16/h9-10H,4-8H2,1-3H3,(H,13,14). The van der Waals surface area contributed by atoms with E-state index < -0.39 is 21.0 Å². The van der Waals surface area contributed by atoms with Gasteiger partial charge >= 0.3 is 0 Å². The van der Waals surface area contributed by atoms with Gasteiger partial charge in [-0.15, -0.1) is 0 Å². The number of carbonyl (C=O) groups excluding carboxylic acids is 1. The molecule has 102 valence electrons. The first-order chi connectivity index (χ1) is 7.82. The summed E-state index contributed by atoms with van der Waals surface area (Å²) in [6, 6.07) is 0. The maximum Gasteiger partial charge on any atom is 0.238 e. The fraction of sp³-hybridized carbons (Fsp3) is 0.909. The molecule has 0 spiro atoms. The normalized spacial score (nSPS) is 15.3. The molecule has 17 heavy (non-hydrogen) atoms. The summed E-state index contributed by atoms with van der Waals surface area (Å²) in [5, 5.41) is 2.65. The monoisotopic (exact) mass is 327 g/mol. The molecule has 0 saturated carbocycles. The zero-order valence-electron chi connectivity index (χ0n) is 10.7. The second-order valence-electron chi connectivity index (χ2n) is 4.35. The number of nitrogens with one attached hydrogen (secondary N) is 1. The van der Waals surface area contributed by atoms with Crippen LogP contribution in [-0.4, -0.2) is 37.7 Å². The van der Waals surface area contributed by atoms with Crippen molar-refractivity contribution in [1.29, 1.82) is 0 Å². The van der Waals surface area contributed by atoms with E-state index in [4.69, 9.17) is 0 Å². The smallest absolute Gasteiger partial charge is 0.238 e. The van der Waals surface area contributed by atoms with Crippen LogP contribution in [0.5, 0.6) is 0 Å². The van der Waals surface area contributed by atoms with Crippen LogP contribution in [0.3, 0.4) is 0 Å². The zero-order chi connectivity index (χ0) is 13.5. The van der Waals surface area contributed by atoms with Crippen LogP contribution in [0.15, 0.2) is 0 Å². The first kappa shape index (κ1) is 16.9. The van der Waals surface area contributed by atoms with Crippen molar-refractivity contribution in [3.05, 3.63) is 0 Å².